The van der Waals surface area contributed by atoms with Crippen LogP contribution in [-0.4, -0.2) is 11.4 Å². The minimum atomic E-state index is -0.0447. The lowest BCUT2D eigenvalue weighted by atomic mass is 9.53. The number of fused-ring (bicyclic) bond motifs is 1. The second-order valence-corrected chi connectivity index (χ2v) is 10.7. The van der Waals surface area contributed by atoms with Crippen LogP contribution in [0.15, 0.2) is 51.7 Å². The quantitative estimate of drug-likeness (QED) is 0.577. The van der Waals surface area contributed by atoms with Gasteiger partial charge < -0.3 is 9.73 Å². The molecule has 4 heteroatoms. The maximum Gasteiger partial charge on any atom is 0.251 e. The molecule has 1 N–H and O–H groups in total. The first kappa shape index (κ1) is 19.8. The average molecular weight is 428 g/mol. The molecule has 0 atom stereocenters. The van der Waals surface area contributed by atoms with Gasteiger partial charge in [0.1, 0.15) is 11.3 Å². The van der Waals surface area contributed by atoms with Gasteiger partial charge in [-0.05, 0) is 99.5 Å². The molecule has 0 radical (unpaired) electrons. The molecule has 32 heavy (non-hydrogen) atoms. The first-order chi connectivity index (χ1) is 15.4. The van der Waals surface area contributed by atoms with E-state index in [1.54, 1.807) is 6.07 Å². The number of nitrogens with one attached hydrogen (secondary N) is 1. The Bertz CT molecular complexity index is 1250. The van der Waals surface area contributed by atoms with E-state index in [9.17, 15) is 9.59 Å². The Balaban J connectivity index is 1.26. The van der Waals surface area contributed by atoms with Crippen molar-refractivity contribution >= 4 is 16.9 Å². The lowest BCUT2D eigenvalue weighted by Crippen LogP contribution is -2.59. The zero-order valence-electron chi connectivity index (χ0n) is 18.7. The normalized spacial score (nSPS) is 28.2. The molecule has 7 rings (SSSR count). The molecule has 1 amide bonds. The summed E-state index contributed by atoms with van der Waals surface area (Å²) in [5, 5.41) is 4.04. The Hall–Kier alpha value is -2.88. The number of hydrogen-bond acceptors (Lipinski definition) is 3. The molecule has 0 unspecified atom stereocenters. The molecule has 2 aromatic carbocycles. The van der Waals surface area contributed by atoms with Gasteiger partial charge >= 0.3 is 0 Å². The fourth-order valence-corrected chi connectivity index (χ4v) is 7.11. The zero-order valence-corrected chi connectivity index (χ0v) is 18.7. The monoisotopic (exact) mass is 427 g/mol. The SMILES string of the molecule is Cc1cc(C)c2oc(-c3ccc(C(=O)NC45CC6CC(CC(C6)C4)C5)cc3)cc(=O)c2c1. The van der Waals surface area contributed by atoms with Crippen LogP contribution in [0.25, 0.3) is 22.3 Å². The van der Waals surface area contributed by atoms with Crippen LogP contribution in [0, 0.1) is 31.6 Å². The third kappa shape index (κ3) is 3.28. The topological polar surface area (TPSA) is 59.3 Å². The summed E-state index contributed by atoms with van der Waals surface area (Å²) < 4.78 is 6.11. The number of rotatable bonds is 3. The lowest BCUT2D eigenvalue weighted by molar-refractivity contribution is -0.0167. The van der Waals surface area contributed by atoms with Gasteiger partial charge in [-0.2, -0.15) is 0 Å². The Morgan fingerprint density at radius 3 is 2.19 bits per heavy atom. The first-order valence-corrected chi connectivity index (χ1v) is 11.9. The van der Waals surface area contributed by atoms with Crippen molar-refractivity contribution in [2.45, 2.75) is 57.9 Å². The number of aryl methyl sites for hydroxylation is 2. The van der Waals surface area contributed by atoms with Gasteiger partial charge in [-0.15, -0.1) is 0 Å². The fourth-order valence-electron chi connectivity index (χ4n) is 7.11. The van der Waals surface area contributed by atoms with Crippen LogP contribution in [-0.2, 0) is 0 Å². The Morgan fingerprint density at radius 2 is 1.56 bits per heavy atom. The maximum absolute atomic E-state index is 13.1. The van der Waals surface area contributed by atoms with E-state index in [2.05, 4.69) is 5.32 Å². The largest absolute Gasteiger partial charge is 0.456 e. The number of hydrogen-bond donors (Lipinski definition) is 1. The summed E-state index contributed by atoms with van der Waals surface area (Å²) in [6.45, 7) is 3.94. The number of benzene rings is 2. The van der Waals surface area contributed by atoms with E-state index in [1.807, 2.05) is 50.2 Å². The minimum absolute atomic E-state index is 0.00526. The molecule has 4 saturated carbocycles. The summed E-state index contributed by atoms with van der Waals surface area (Å²) in [5.74, 6) is 2.94. The third-order valence-electron chi connectivity index (χ3n) is 8.01. The Kier molecular flexibility index (Phi) is 4.36. The van der Waals surface area contributed by atoms with Gasteiger partial charge in [0, 0.05) is 22.7 Å². The van der Waals surface area contributed by atoms with Crippen molar-refractivity contribution in [2.75, 3.05) is 0 Å². The molecular weight excluding hydrogens is 398 g/mol. The molecule has 164 valence electrons. The molecule has 4 aliphatic carbocycles. The molecule has 4 nitrogen and oxygen atoms in total. The lowest BCUT2D eigenvalue weighted by Gasteiger charge is -2.56. The molecule has 0 saturated heterocycles. The van der Waals surface area contributed by atoms with E-state index in [-0.39, 0.29) is 16.9 Å². The third-order valence-corrected chi connectivity index (χ3v) is 8.01. The highest BCUT2D eigenvalue weighted by molar-refractivity contribution is 5.95. The van der Waals surface area contributed by atoms with Crippen molar-refractivity contribution in [3.05, 3.63) is 69.4 Å². The van der Waals surface area contributed by atoms with Gasteiger partial charge in [-0.25, -0.2) is 0 Å². The fraction of sp³-hybridized carbons (Fsp3) is 0.429. The average Bonchev–Trinajstić information content (AvgIpc) is 2.73. The first-order valence-electron chi connectivity index (χ1n) is 11.9. The van der Waals surface area contributed by atoms with Crippen LogP contribution >= 0.6 is 0 Å². The van der Waals surface area contributed by atoms with Gasteiger partial charge in [-0.3, -0.25) is 9.59 Å². The molecule has 4 aliphatic rings. The molecule has 1 aromatic heterocycles. The van der Waals surface area contributed by atoms with Crippen LogP contribution in [0.2, 0.25) is 0 Å². The molecule has 4 bridgehead atoms. The predicted octanol–water partition coefficient (Wildman–Crippen LogP) is 5.78. The smallest absolute Gasteiger partial charge is 0.251 e. The number of amides is 1. The summed E-state index contributed by atoms with van der Waals surface area (Å²) >= 11 is 0. The Labute approximate surface area is 188 Å². The van der Waals surface area contributed by atoms with Crippen molar-refractivity contribution in [2.24, 2.45) is 17.8 Å². The highest BCUT2D eigenvalue weighted by Gasteiger charge is 2.51. The molecule has 0 aliphatic heterocycles. The van der Waals surface area contributed by atoms with Crippen LogP contribution in [0.3, 0.4) is 0 Å². The van der Waals surface area contributed by atoms with Crippen LogP contribution in [0.4, 0.5) is 0 Å². The van der Waals surface area contributed by atoms with Gasteiger partial charge in [-0.1, -0.05) is 18.2 Å². The van der Waals surface area contributed by atoms with Crippen molar-refractivity contribution in [1.82, 2.24) is 5.32 Å². The van der Waals surface area contributed by atoms with E-state index < -0.39 is 0 Å². The van der Waals surface area contributed by atoms with E-state index in [0.717, 1.165) is 53.7 Å². The van der Waals surface area contributed by atoms with E-state index in [1.165, 1.54) is 19.3 Å². The van der Waals surface area contributed by atoms with Crippen molar-refractivity contribution in [3.63, 3.8) is 0 Å². The van der Waals surface area contributed by atoms with Gasteiger partial charge in [0.05, 0.1) is 5.39 Å². The van der Waals surface area contributed by atoms with Crippen molar-refractivity contribution in [3.8, 4) is 11.3 Å². The van der Waals surface area contributed by atoms with Gasteiger partial charge in [0.15, 0.2) is 5.43 Å². The second kappa shape index (κ2) is 7.06. The molecule has 0 spiro atoms. The Morgan fingerprint density at radius 1 is 0.938 bits per heavy atom. The summed E-state index contributed by atoms with van der Waals surface area (Å²) in [5.41, 5.74) is 4.05. The highest BCUT2D eigenvalue weighted by Crippen LogP contribution is 2.55. The number of carbonyl (C=O) groups excluding carboxylic acids is 1. The maximum atomic E-state index is 13.1. The summed E-state index contributed by atoms with van der Waals surface area (Å²) in [6.07, 6.45) is 7.51. The highest BCUT2D eigenvalue weighted by atomic mass is 16.3. The van der Waals surface area contributed by atoms with Crippen molar-refractivity contribution < 1.29 is 9.21 Å². The summed E-state index contributed by atoms with van der Waals surface area (Å²) in [4.78, 5) is 25.8. The van der Waals surface area contributed by atoms with Crippen LogP contribution < -0.4 is 10.7 Å². The van der Waals surface area contributed by atoms with Gasteiger partial charge in [0.25, 0.3) is 5.91 Å². The second-order valence-electron chi connectivity index (χ2n) is 10.7. The van der Waals surface area contributed by atoms with E-state index >= 15 is 0 Å². The molecule has 3 aromatic rings. The minimum Gasteiger partial charge on any atom is -0.456 e. The summed E-state index contributed by atoms with van der Waals surface area (Å²) in [7, 11) is 0. The number of carbonyl (C=O) groups is 1. The van der Waals surface area contributed by atoms with Crippen LogP contribution in [0.5, 0.6) is 0 Å². The summed E-state index contributed by atoms with van der Waals surface area (Å²) in [6, 6.07) is 12.9. The molecule has 4 fully saturated rings. The van der Waals surface area contributed by atoms with Crippen molar-refractivity contribution in [1.29, 1.82) is 0 Å². The molecule has 1 heterocycles. The molecular formula is C28H29NO3. The predicted molar refractivity (Wildman–Crippen MR) is 126 cm³/mol. The van der Waals surface area contributed by atoms with E-state index in [4.69, 9.17) is 4.42 Å². The van der Waals surface area contributed by atoms with E-state index in [0.29, 0.717) is 22.3 Å². The van der Waals surface area contributed by atoms with Crippen LogP contribution in [0.1, 0.15) is 60.0 Å². The zero-order chi connectivity index (χ0) is 22.0. The standard InChI is InChI=1S/C28H29NO3/c1-16-7-17(2)26-23(8-16)24(30)12-25(32-26)21-3-5-22(6-4-21)27(31)29-28-13-18-9-19(14-28)11-20(10-18)15-28/h3-8,12,18-20H,9-11,13-15H2,1-2H3,(H,29,31). The van der Waals surface area contributed by atoms with Gasteiger partial charge in [0.2, 0.25) is 0 Å².